The van der Waals surface area contributed by atoms with E-state index in [-0.39, 0.29) is 5.75 Å². The van der Waals surface area contributed by atoms with Gasteiger partial charge in [0.2, 0.25) is 0 Å². The van der Waals surface area contributed by atoms with E-state index in [1.165, 1.54) is 12.1 Å². The van der Waals surface area contributed by atoms with Crippen LogP contribution >= 0.6 is 0 Å². The summed E-state index contributed by atoms with van der Waals surface area (Å²) in [6.07, 6.45) is 2.43. The van der Waals surface area contributed by atoms with Gasteiger partial charge < -0.3 is 9.64 Å². The van der Waals surface area contributed by atoms with Gasteiger partial charge in [-0.2, -0.15) is 10.4 Å². The van der Waals surface area contributed by atoms with Crippen molar-refractivity contribution in [2.75, 3.05) is 13.1 Å². The number of fused-ring (bicyclic) bond motifs is 3. The summed E-state index contributed by atoms with van der Waals surface area (Å²) in [6, 6.07) is 9.48. The Morgan fingerprint density at radius 1 is 1.10 bits per heavy atom. The normalized spacial score (nSPS) is 23.2. The highest BCUT2D eigenvalue weighted by atomic mass is 19.4. The molecule has 31 heavy (non-hydrogen) atoms. The van der Waals surface area contributed by atoms with E-state index in [2.05, 4.69) is 16.0 Å². The molecule has 9 heteroatoms. The molecule has 1 saturated heterocycles. The molecular weight excluding hydrogens is 407 g/mol. The monoisotopic (exact) mass is 427 g/mol. The molecule has 0 spiro atoms. The fourth-order valence-corrected chi connectivity index (χ4v) is 5.06. The van der Waals surface area contributed by atoms with Crippen LogP contribution in [-0.2, 0) is 6.42 Å². The minimum Gasteiger partial charge on any atom is -0.406 e. The lowest BCUT2D eigenvalue weighted by molar-refractivity contribution is -0.274. The van der Waals surface area contributed by atoms with Crippen molar-refractivity contribution in [2.45, 2.75) is 25.6 Å². The number of ether oxygens (including phenoxy) is 1. The van der Waals surface area contributed by atoms with Crippen LogP contribution in [0.3, 0.4) is 0 Å². The first-order valence-electron chi connectivity index (χ1n) is 10.2. The van der Waals surface area contributed by atoms with Crippen molar-refractivity contribution in [3.05, 3.63) is 48.4 Å². The van der Waals surface area contributed by atoms with Gasteiger partial charge in [-0.05, 0) is 60.4 Å². The maximum atomic E-state index is 12.4. The molecule has 1 aliphatic heterocycles. The third-order valence-corrected chi connectivity index (χ3v) is 6.39. The van der Waals surface area contributed by atoms with E-state index in [0.717, 1.165) is 49.3 Å². The quantitative estimate of drug-likeness (QED) is 0.582. The fraction of sp³-hybridized carbons (Fsp3) is 0.409. The first kappa shape index (κ1) is 19.7. The zero-order valence-electron chi connectivity index (χ0n) is 16.6. The van der Waals surface area contributed by atoms with E-state index in [9.17, 15) is 18.4 Å². The number of piperidine rings is 1. The number of pyridine rings is 1. The minimum absolute atomic E-state index is 0.260. The fourth-order valence-electron chi connectivity index (χ4n) is 5.06. The van der Waals surface area contributed by atoms with Crippen molar-refractivity contribution in [2.24, 2.45) is 17.8 Å². The number of nitriles is 1. The van der Waals surface area contributed by atoms with Crippen LogP contribution in [0.5, 0.6) is 5.75 Å². The maximum Gasteiger partial charge on any atom is 0.573 e. The van der Waals surface area contributed by atoms with Crippen molar-refractivity contribution in [1.29, 1.82) is 5.26 Å². The number of hydrogen-bond donors (Lipinski definition) is 0. The zero-order chi connectivity index (χ0) is 21.6. The average Bonchev–Trinajstić information content (AvgIpc) is 3.24. The summed E-state index contributed by atoms with van der Waals surface area (Å²) >= 11 is 0. The van der Waals surface area contributed by atoms with Gasteiger partial charge in [0.15, 0.2) is 17.7 Å². The number of likely N-dealkylation sites (tertiary alicyclic amines) is 1. The lowest BCUT2D eigenvalue weighted by Crippen LogP contribution is -2.40. The molecule has 5 rings (SSSR count). The van der Waals surface area contributed by atoms with Gasteiger partial charge in [-0.3, -0.25) is 0 Å². The van der Waals surface area contributed by atoms with E-state index < -0.39 is 6.36 Å². The summed E-state index contributed by atoms with van der Waals surface area (Å²) in [5.74, 6) is 1.96. The summed E-state index contributed by atoms with van der Waals surface area (Å²) < 4.78 is 42.9. The molecule has 3 atom stereocenters. The summed E-state index contributed by atoms with van der Waals surface area (Å²) in [4.78, 5) is 6.62. The molecule has 1 aliphatic carbocycles. The van der Waals surface area contributed by atoms with Crippen LogP contribution in [0.1, 0.15) is 18.7 Å². The first-order chi connectivity index (χ1) is 14.9. The summed E-state index contributed by atoms with van der Waals surface area (Å²) in [7, 11) is 0. The maximum absolute atomic E-state index is 12.4. The van der Waals surface area contributed by atoms with Gasteiger partial charge in [-0.1, -0.05) is 12.1 Å². The molecule has 6 nitrogen and oxygen atoms in total. The van der Waals surface area contributed by atoms with E-state index in [1.54, 1.807) is 16.6 Å². The van der Waals surface area contributed by atoms with Gasteiger partial charge >= 0.3 is 6.36 Å². The van der Waals surface area contributed by atoms with Gasteiger partial charge in [-0.15, -0.1) is 13.2 Å². The molecule has 2 aromatic heterocycles. The summed E-state index contributed by atoms with van der Waals surface area (Å²) in [6.45, 7) is 1.62. The SMILES string of the molecule is N#CN1C[C@H]2CC[C@@H](C1)C2Cc1nc2c(-c3ccc(OC(F)(F)F)cc3)cccn2n1. The van der Waals surface area contributed by atoms with Crippen molar-refractivity contribution >= 4 is 5.65 Å². The molecule has 0 radical (unpaired) electrons. The highest BCUT2D eigenvalue weighted by molar-refractivity contribution is 5.77. The number of rotatable bonds is 4. The Labute approximate surface area is 176 Å². The standard InChI is InChI=1S/C22H20F3N5O/c23-22(24,25)31-17-7-5-14(6-8-17)18-2-1-9-30-21(18)27-20(28-30)10-19-15-3-4-16(19)12-29(11-15)13-26/h1-2,5-9,15-16,19H,3-4,10-12H2/t15-,16+,19?. The Morgan fingerprint density at radius 2 is 1.81 bits per heavy atom. The topological polar surface area (TPSA) is 66.5 Å². The third kappa shape index (κ3) is 3.90. The Morgan fingerprint density at radius 3 is 2.45 bits per heavy atom. The molecule has 2 fully saturated rings. The smallest absolute Gasteiger partial charge is 0.406 e. The second-order valence-electron chi connectivity index (χ2n) is 8.26. The molecule has 160 valence electrons. The van der Waals surface area contributed by atoms with E-state index in [4.69, 9.17) is 4.98 Å². The Hall–Kier alpha value is -3.28. The predicted molar refractivity (Wildman–Crippen MR) is 106 cm³/mol. The Bertz CT molecular complexity index is 1120. The van der Waals surface area contributed by atoms with Crippen molar-refractivity contribution < 1.29 is 17.9 Å². The molecule has 3 heterocycles. The van der Waals surface area contributed by atoms with E-state index in [1.807, 2.05) is 23.2 Å². The first-order valence-corrected chi connectivity index (χ1v) is 10.2. The largest absolute Gasteiger partial charge is 0.573 e. The number of aromatic nitrogens is 3. The minimum atomic E-state index is -4.72. The van der Waals surface area contributed by atoms with Crippen LogP contribution in [0.2, 0.25) is 0 Å². The summed E-state index contributed by atoms with van der Waals surface area (Å²) in [5.41, 5.74) is 2.20. The molecule has 1 unspecified atom stereocenters. The number of nitrogens with zero attached hydrogens (tertiary/aromatic N) is 5. The van der Waals surface area contributed by atoms with Crippen molar-refractivity contribution in [1.82, 2.24) is 19.5 Å². The summed E-state index contributed by atoms with van der Waals surface area (Å²) in [5, 5.41) is 13.9. The number of benzene rings is 1. The second kappa shape index (κ2) is 7.45. The van der Waals surface area contributed by atoms with Crippen LogP contribution in [0.4, 0.5) is 13.2 Å². The van der Waals surface area contributed by atoms with Gasteiger partial charge in [0.1, 0.15) is 5.75 Å². The predicted octanol–water partition coefficient (Wildman–Crippen LogP) is 4.28. The van der Waals surface area contributed by atoms with Gasteiger partial charge in [0.25, 0.3) is 0 Å². The highest BCUT2D eigenvalue weighted by Crippen LogP contribution is 2.43. The van der Waals surface area contributed by atoms with E-state index >= 15 is 0 Å². The molecule has 1 saturated carbocycles. The molecule has 0 N–H and O–H groups in total. The molecule has 1 aromatic carbocycles. The van der Waals surface area contributed by atoms with Crippen LogP contribution in [0.25, 0.3) is 16.8 Å². The lowest BCUT2D eigenvalue weighted by Gasteiger charge is -2.34. The number of halogens is 3. The van der Waals surface area contributed by atoms with Crippen molar-refractivity contribution in [3.63, 3.8) is 0 Å². The van der Waals surface area contributed by atoms with Gasteiger partial charge in [0.05, 0.1) is 0 Å². The number of alkyl halides is 3. The molecule has 2 bridgehead atoms. The molecular formula is C22H20F3N5O. The Balaban J connectivity index is 1.39. The van der Waals surface area contributed by atoms with Crippen LogP contribution in [0.15, 0.2) is 42.6 Å². The highest BCUT2D eigenvalue weighted by Gasteiger charge is 2.42. The van der Waals surface area contributed by atoms with E-state index in [0.29, 0.717) is 23.4 Å². The zero-order valence-corrected chi connectivity index (χ0v) is 16.6. The number of hydrogen-bond acceptors (Lipinski definition) is 5. The van der Waals surface area contributed by atoms with Crippen LogP contribution in [-0.4, -0.2) is 38.9 Å². The van der Waals surface area contributed by atoms with Crippen LogP contribution in [0, 0.1) is 29.2 Å². The Kier molecular flexibility index (Phi) is 4.73. The van der Waals surface area contributed by atoms with Crippen molar-refractivity contribution in [3.8, 4) is 23.1 Å². The second-order valence-corrected chi connectivity index (χ2v) is 8.26. The lowest BCUT2D eigenvalue weighted by atomic mass is 9.83. The molecule has 2 aliphatic rings. The van der Waals surface area contributed by atoms with Gasteiger partial charge in [0, 0.05) is 31.3 Å². The average molecular weight is 427 g/mol. The molecule has 0 amide bonds. The van der Waals surface area contributed by atoms with Gasteiger partial charge in [-0.25, -0.2) is 9.50 Å². The molecule has 3 aromatic rings. The third-order valence-electron chi connectivity index (χ3n) is 6.39. The van der Waals surface area contributed by atoms with Crippen LogP contribution < -0.4 is 4.74 Å².